The third kappa shape index (κ3) is 4.57. The van der Waals surface area contributed by atoms with E-state index in [1.807, 2.05) is 0 Å². The van der Waals surface area contributed by atoms with Gasteiger partial charge >= 0.3 is 5.97 Å². The van der Waals surface area contributed by atoms with Gasteiger partial charge in [-0.2, -0.15) is 0 Å². The van der Waals surface area contributed by atoms with Crippen LogP contribution in [0.2, 0.25) is 0 Å². The topological polar surface area (TPSA) is 95.5 Å². The molecule has 0 saturated heterocycles. The molecule has 1 saturated carbocycles. The van der Waals surface area contributed by atoms with Crippen molar-refractivity contribution in [1.29, 1.82) is 0 Å². The first-order chi connectivity index (χ1) is 11.5. The summed E-state index contributed by atoms with van der Waals surface area (Å²) in [5, 5.41) is 14.5. The lowest BCUT2D eigenvalue weighted by molar-refractivity contribution is -0.140. The second-order valence-electron chi connectivity index (χ2n) is 6.48. The van der Waals surface area contributed by atoms with Crippen LogP contribution in [0.3, 0.4) is 0 Å². The van der Waals surface area contributed by atoms with Gasteiger partial charge in [-0.1, -0.05) is 31.4 Å². The maximum atomic E-state index is 12.5. The third-order valence-corrected chi connectivity index (χ3v) is 4.65. The Morgan fingerprint density at radius 1 is 1.08 bits per heavy atom. The number of carbonyl (C=O) groups is 3. The monoisotopic (exact) mass is 332 g/mol. The summed E-state index contributed by atoms with van der Waals surface area (Å²) in [5.74, 6) is -1.38. The van der Waals surface area contributed by atoms with Crippen molar-refractivity contribution in [3.05, 3.63) is 29.8 Å². The van der Waals surface area contributed by atoms with Crippen molar-refractivity contribution in [2.24, 2.45) is 5.41 Å². The SMILES string of the molecule is CNC(=O)c1ccccc1NC(=O)CC1(CC(=O)O)CCCCC1. The van der Waals surface area contributed by atoms with E-state index in [1.54, 1.807) is 24.3 Å². The number of carboxylic acids is 1. The van der Waals surface area contributed by atoms with Crippen LogP contribution in [0.15, 0.2) is 24.3 Å². The molecule has 24 heavy (non-hydrogen) atoms. The van der Waals surface area contributed by atoms with E-state index in [0.717, 1.165) is 32.1 Å². The Kier molecular flexibility index (Phi) is 5.95. The van der Waals surface area contributed by atoms with Crippen molar-refractivity contribution in [3.8, 4) is 0 Å². The molecule has 1 fully saturated rings. The number of rotatable bonds is 6. The normalized spacial score (nSPS) is 16.2. The van der Waals surface area contributed by atoms with Gasteiger partial charge in [0.1, 0.15) is 0 Å². The maximum Gasteiger partial charge on any atom is 0.303 e. The van der Waals surface area contributed by atoms with E-state index in [0.29, 0.717) is 11.3 Å². The van der Waals surface area contributed by atoms with E-state index in [1.165, 1.54) is 7.05 Å². The molecule has 0 radical (unpaired) electrons. The fraction of sp³-hybridized carbons (Fsp3) is 0.500. The maximum absolute atomic E-state index is 12.5. The van der Waals surface area contributed by atoms with Crippen LogP contribution in [0.4, 0.5) is 5.69 Å². The quantitative estimate of drug-likeness (QED) is 0.746. The first-order valence-corrected chi connectivity index (χ1v) is 8.28. The Balaban J connectivity index is 2.11. The van der Waals surface area contributed by atoms with Gasteiger partial charge in [0.15, 0.2) is 0 Å². The van der Waals surface area contributed by atoms with Crippen LogP contribution in [0.1, 0.15) is 55.3 Å². The summed E-state index contributed by atoms with van der Waals surface area (Å²) in [6.45, 7) is 0. The van der Waals surface area contributed by atoms with E-state index >= 15 is 0 Å². The molecule has 3 N–H and O–H groups in total. The molecule has 1 aromatic rings. The molecule has 6 nitrogen and oxygen atoms in total. The number of hydrogen-bond acceptors (Lipinski definition) is 3. The van der Waals surface area contributed by atoms with Crippen molar-refractivity contribution in [2.45, 2.75) is 44.9 Å². The minimum absolute atomic E-state index is 0.0114. The Morgan fingerprint density at radius 2 is 1.75 bits per heavy atom. The molecule has 0 unspecified atom stereocenters. The number of hydrogen-bond donors (Lipinski definition) is 3. The van der Waals surface area contributed by atoms with Crippen LogP contribution >= 0.6 is 0 Å². The molecule has 0 aromatic heterocycles. The molecule has 1 aliphatic rings. The van der Waals surface area contributed by atoms with Crippen molar-refractivity contribution >= 4 is 23.5 Å². The zero-order chi connectivity index (χ0) is 17.6. The van der Waals surface area contributed by atoms with Gasteiger partial charge in [-0.3, -0.25) is 14.4 Å². The predicted octanol–water partition coefficient (Wildman–Crippen LogP) is 2.80. The number of nitrogens with one attached hydrogen (secondary N) is 2. The van der Waals surface area contributed by atoms with Crippen LogP contribution in [0, 0.1) is 5.41 Å². The number of carbonyl (C=O) groups excluding carboxylic acids is 2. The summed E-state index contributed by atoms with van der Waals surface area (Å²) in [4.78, 5) is 35.6. The van der Waals surface area contributed by atoms with Gasteiger partial charge in [-0.05, 0) is 30.4 Å². The number of amides is 2. The van der Waals surface area contributed by atoms with Crippen LogP contribution in [-0.2, 0) is 9.59 Å². The highest BCUT2D eigenvalue weighted by atomic mass is 16.4. The van der Waals surface area contributed by atoms with Gasteiger partial charge in [0, 0.05) is 13.5 Å². The lowest BCUT2D eigenvalue weighted by atomic mass is 9.69. The molecule has 2 rings (SSSR count). The van der Waals surface area contributed by atoms with E-state index in [4.69, 9.17) is 0 Å². The Morgan fingerprint density at radius 3 is 2.38 bits per heavy atom. The highest BCUT2D eigenvalue weighted by molar-refractivity contribution is 6.03. The fourth-order valence-electron chi connectivity index (χ4n) is 3.50. The van der Waals surface area contributed by atoms with Crippen molar-refractivity contribution < 1.29 is 19.5 Å². The average Bonchev–Trinajstić information content (AvgIpc) is 2.54. The minimum Gasteiger partial charge on any atom is -0.481 e. The first kappa shape index (κ1) is 18.0. The standard InChI is InChI=1S/C18H24N2O4/c1-19-17(24)13-7-3-4-8-14(13)20-15(21)11-18(12-16(22)23)9-5-2-6-10-18/h3-4,7-8H,2,5-6,9-12H2,1H3,(H,19,24)(H,20,21)(H,22,23). The van der Waals surface area contributed by atoms with Crippen molar-refractivity contribution in [2.75, 3.05) is 12.4 Å². The van der Waals surface area contributed by atoms with Crippen LogP contribution in [0.25, 0.3) is 0 Å². The van der Waals surface area contributed by atoms with Gasteiger partial charge < -0.3 is 15.7 Å². The molecule has 2 amide bonds. The Bertz CT molecular complexity index is 621. The third-order valence-electron chi connectivity index (χ3n) is 4.65. The zero-order valence-corrected chi connectivity index (χ0v) is 13.9. The molecule has 0 aliphatic heterocycles. The Labute approximate surface area is 141 Å². The summed E-state index contributed by atoms with van der Waals surface area (Å²) >= 11 is 0. The molecular weight excluding hydrogens is 308 g/mol. The summed E-state index contributed by atoms with van der Waals surface area (Å²) in [6, 6.07) is 6.79. The van der Waals surface area contributed by atoms with Gasteiger partial charge in [0.2, 0.25) is 5.91 Å². The highest BCUT2D eigenvalue weighted by Crippen LogP contribution is 2.42. The second kappa shape index (κ2) is 7.95. The van der Waals surface area contributed by atoms with Crippen LogP contribution in [-0.4, -0.2) is 29.9 Å². The largest absolute Gasteiger partial charge is 0.481 e. The molecule has 1 aliphatic carbocycles. The van der Waals surface area contributed by atoms with Gasteiger partial charge in [-0.25, -0.2) is 0 Å². The molecule has 0 heterocycles. The summed E-state index contributed by atoms with van der Waals surface area (Å²) < 4.78 is 0. The van der Waals surface area contributed by atoms with Crippen molar-refractivity contribution in [1.82, 2.24) is 5.32 Å². The highest BCUT2D eigenvalue weighted by Gasteiger charge is 2.36. The van der Waals surface area contributed by atoms with Crippen LogP contribution in [0.5, 0.6) is 0 Å². The number of anilines is 1. The Hall–Kier alpha value is -2.37. The summed E-state index contributed by atoms with van der Waals surface area (Å²) in [7, 11) is 1.53. The predicted molar refractivity (Wildman–Crippen MR) is 90.8 cm³/mol. The second-order valence-corrected chi connectivity index (χ2v) is 6.48. The molecule has 0 spiro atoms. The van der Waals surface area contributed by atoms with Gasteiger partial charge in [-0.15, -0.1) is 0 Å². The van der Waals surface area contributed by atoms with E-state index < -0.39 is 11.4 Å². The van der Waals surface area contributed by atoms with E-state index in [9.17, 15) is 19.5 Å². The van der Waals surface area contributed by atoms with E-state index in [-0.39, 0.29) is 24.7 Å². The number of para-hydroxylation sites is 1. The molecule has 1 aromatic carbocycles. The molecular formula is C18H24N2O4. The molecule has 130 valence electrons. The summed E-state index contributed by atoms with van der Waals surface area (Å²) in [5.41, 5.74) is 0.364. The van der Waals surface area contributed by atoms with Crippen molar-refractivity contribution in [3.63, 3.8) is 0 Å². The number of benzene rings is 1. The minimum atomic E-state index is -0.865. The van der Waals surface area contributed by atoms with E-state index in [2.05, 4.69) is 10.6 Å². The molecule has 0 atom stereocenters. The lowest BCUT2D eigenvalue weighted by Crippen LogP contribution is -2.32. The first-order valence-electron chi connectivity index (χ1n) is 8.28. The fourth-order valence-corrected chi connectivity index (χ4v) is 3.50. The molecule has 6 heteroatoms. The summed E-state index contributed by atoms with van der Waals surface area (Å²) in [6.07, 6.45) is 4.68. The smallest absolute Gasteiger partial charge is 0.303 e. The number of aliphatic carboxylic acids is 1. The number of carboxylic acid groups (broad SMARTS) is 1. The van der Waals surface area contributed by atoms with Gasteiger partial charge in [0.05, 0.1) is 17.7 Å². The van der Waals surface area contributed by atoms with Crippen LogP contribution < -0.4 is 10.6 Å². The lowest BCUT2D eigenvalue weighted by Gasteiger charge is -2.35. The molecule has 0 bridgehead atoms. The average molecular weight is 332 g/mol. The van der Waals surface area contributed by atoms with Gasteiger partial charge in [0.25, 0.3) is 5.91 Å². The zero-order valence-electron chi connectivity index (χ0n) is 13.9.